The number of rotatable bonds is 4. The Labute approximate surface area is 127 Å². The lowest BCUT2D eigenvalue weighted by Crippen LogP contribution is -2.05. The van der Waals surface area contributed by atoms with E-state index in [0.29, 0.717) is 23.7 Å². The van der Waals surface area contributed by atoms with Crippen molar-refractivity contribution in [3.8, 4) is 5.75 Å². The number of fused-ring (bicyclic) bond motifs is 1. The van der Waals surface area contributed by atoms with Crippen LogP contribution in [0.15, 0.2) is 48.5 Å². The van der Waals surface area contributed by atoms with Crippen LogP contribution in [0.25, 0.3) is 10.9 Å². The van der Waals surface area contributed by atoms with Crippen LogP contribution in [-0.4, -0.2) is 4.57 Å². The molecule has 108 valence electrons. The maximum atomic E-state index is 14.0. The summed E-state index contributed by atoms with van der Waals surface area (Å²) in [4.78, 5) is 0. The van der Waals surface area contributed by atoms with Crippen molar-refractivity contribution in [2.75, 3.05) is 0 Å². The molecule has 0 bridgehead atoms. The molecule has 2 nitrogen and oxygen atoms in total. The highest BCUT2D eigenvalue weighted by Crippen LogP contribution is 2.24. The zero-order valence-electron chi connectivity index (χ0n) is 11.6. The zero-order chi connectivity index (χ0) is 14.8. The maximum absolute atomic E-state index is 14.0. The first-order valence-corrected chi connectivity index (χ1v) is 7.22. The Balaban J connectivity index is 1.90. The molecule has 0 unspecified atom stereocenters. The summed E-state index contributed by atoms with van der Waals surface area (Å²) < 4.78 is 21.7. The number of aromatic nitrogens is 1. The summed E-state index contributed by atoms with van der Waals surface area (Å²) >= 11 is 5.85. The lowest BCUT2D eigenvalue weighted by Gasteiger charge is -2.10. The van der Waals surface area contributed by atoms with Crippen LogP contribution in [0.1, 0.15) is 12.6 Å². The highest BCUT2D eigenvalue weighted by molar-refractivity contribution is 6.30. The predicted octanol–water partition coefficient (Wildman–Crippen LogP) is 5.03. The van der Waals surface area contributed by atoms with Crippen molar-refractivity contribution in [2.45, 2.75) is 20.1 Å². The molecule has 1 heterocycles. The van der Waals surface area contributed by atoms with Gasteiger partial charge in [0.05, 0.1) is 11.2 Å². The Morgan fingerprint density at radius 1 is 1.14 bits per heavy atom. The van der Waals surface area contributed by atoms with Crippen molar-refractivity contribution < 1.29 is 9.13 Å². The summed E-state index contributed by atoms with van der Waals surface area (Å²) in [5.74, 6) is 0.542. The Hall–Kier alpha value is -2.00. The van der Waals surface area contributed by atoms with Gasteiger partial charge in [-0.15, -0.1) is 0 Å². The van der Waals surface area contributed by atoms with E-state index in [0.717, 1.165) is 16.8 Å². The molecule has 0 aliphatic heterocycles. The minimum absolute atomic E-state index is 0.202. The molecular formula is C17H15ClFNO. The fraction of sp³-hybridized carbons (Fsp3) is 0.176. The van der Waals surface area contributed by atoms with Gasteiger partial charge in [0.15, 0.2) is 0 Å². The molecule has 2 aromatic carbocycles. The van der Waals surface area contributed by atoms with Crippen LogP contribution in [0.2, 0.25) is 5.02 Å². The Bertz CT molecular complexity index is 764. The van der Waals surface area contributed by atoms with Crippen molar-refractivity contribution in [3.05, 3.63) is 65.1 Å². The molecular weight excluding hydrogens is 289 g/mol. The summed E-state index contributed by atoms with van der Waals surface area (Å²) in [6, 6.07) is 14.3. The van der Waals surface area contributed by atoms with Gasteiger partial charge in [-0.1, -0.05) is 23.7 Å². The third-order valence-electron chi connectivity index (χ3n) is 3.47. The number of para-hydroxylation sites is 1. The largest absolute Gasteiger partial charge is 0.487 e. The molecule has 0 saturated carbocycles. The third kappa shape index (κ3) is 2.74. The van der Waals surface area contributed by atoms with Gasteiger partial charge in [0.25, 0.3) is 0 Å². The fourth-order valence-electron chi connectivity index (χ4n) is 2.50. The minimum atomic E-state index is -0.202. The molecule has 0 amide bonds. The second-order valence-corrected chi connectivity index (χ2v) is 5.24. The first-order chi connectivity index (χ1) is 10.2. The van der Waals surface area contributed by atoms with Gasteiger partial charge in [0, 0.05) is 17.0 Å². The van der Waals surface area contributed by atoms with Crippen LogP contribution in [0.5, 0.6) is 5.75 Å². The van der Waals surface area contributed by atoms with Gasteiger partial charge in [-0.25, -0.2) is 4.39 Å². The molecule has 3 rings (SSSR count). The van der Waals surface area contributed by atoms with Crippen LogP contribution >= 0.6 is 11.6 Å². The molecule has 3 aromatic rings. The van der Waals surface area contributed by atoms with E-state index < -0.39 is 0 Å². The number of halogens is 2. The Morgan fingerprint density at radius 3 is 2.62 bits per heavy atom. The lowest BCUT2D eigenvalue weighted by atomic mass is 10.2. The normalized spacial score (nSPS) is 11.0. The van der Waals surface area contributed by atoms with Gasteiger partial charge < -0.3 is 9.30 Å². The number of ether oxygens (including phenoxy) is 1. The summed E-state index contributed by atoms with van der Waals surface area (Å²) in [6.07, 6.45) is 0. The summed E-state index contributed by atoms with van der Waals surface area (Å²) in [6.45, 7) is 3.09. The van der Waals surface area contributed by atoms with Gasteiger partial charge >= 0.3 is 0 Å². The SMILES string of the molecule is CCn1c(COc2ccc(Cl)cc2)cc2cccc(F)c21. The van der Waals surface area contributed by atoms with E-state index in [4.69, 9.17) is 16.3 Å². The second kappa shape index (κ2) is 5.78. The molecule has 21 heavy (non-hydrogen) atoms. The van der Waals surface area contributed by atoms with Crippen molar-refractivity contribution >= 4 is 22.5 Å². The number of benzene rings is 2. The van der Waals surface area contributed by atoms with E-state index in [-0.39, 0.29) is 5.82 Å². The van der Waals surface area contributed by atoms with Gasteiger partial charge in [0.2, 0.25) is 0 Å². The molecule has 0 aliphatic rings. The van der Waals surface area contributed by atoms with Crippen LogP contribution in [0.3, 0.4) is 0 Å². The number of nitrogens with zero attached hydrogens (tertiary/aromatic N) is 1. The van der Waals surface area contributed by atoms with Crippen LogP contribution < -0.4 is 4.74 Å². The lowest BCUT2D eigenvalue weighted by molar-refractivity contribution is 0.296. The molecule has 0 spiro atoms. The Morgan fingerprint density at radius 2 is 1.90 bits per heavy atom. The van der Waals surface area contributed by atoms with E-state index in [1.54, 1.807) is 18.2 Å². The summed E-state index contributed by atoms with van der Waals surface area (Å²) in [5, 5.41) is 1.57. The third-order valence-corrected chi connectivity index (χ3v) is 3.73. The van der Waals surface area contributed by atoms with E-state index in [9.17, 15) is 4.39 Å². The van der Waals surface area contributed by atoms with Gasteiger partial charge in [-0.3, -0.25) is 0 Å². The van der Waals surface area contributed by atoms with Crippen molar-refractivity contribution in [3.63, 3.8) is 0 Å². The monoisotopic (exact) mass is 303 g/mol. The number of aryl methyl sites for hydroxylation is 1. The predicted molar refractivity (Wildman–Crippen MR) is 83.4 cm³/mol. The topological polar surface area (TPSA) is 14.2 Å². The first-order valence-electron chi connectivity index (χ1n) is 6.84. The minimum Gasteiger partial charge on any atom is -0.487 e. The van der Waals surface area contributed by atoms with E-state index in [2.05, 4.69) is 0 Å². The van der Waals surface area contributed by atoms with Crippen molar-refractivity contribution in [1.82, 2.24) is 4.57 Å². The average Bonchev–Trinajstić information content (AvgIpc) is 2.85. The van der Waals surface area contributed by atoms with Crippen molar-refractivity contribution in [2.24, 2.45) is 0 Å². The van der Waals surface area contributed by atoms with Crippen LogP contribution in [-0.2, 0) is 13.2 Å². The van der Waals surface area contributed by atoms with Crippen LogP contribution in [0, 0.1) is 5.82 Å². The number of hydrogen-bond donors (Lipinski definition) is 0. The molecule has 0 aliphatic carbocycles. The molecule has 0 fully saturated rings. The van der Waals surface area contributed by atoms with Crippen LogP contribution in [0.4, 0.5) is 4.39 Å². The van der Waals surface area contributed by atoms with E-state index >= 15 is 0 Å². The van der Waals surface area contributed by atoms with Gasteiger partial charge in [0.1, 0.15) is 18.2 Å². The standard InChI is InChI=1S/C17H15ClFNO/c1-2-20-14(10-12-4-3-5-16(19)17(12)20)11-21-15-8-6-13(18)7-9-15/h3-10H,2,11H2,1H3. The molecule has 1 aromatic heterocycles. The summed E-state index contributed by atoms with van der Waals surface area (Å²) in [5.41, 5.74) is 1.59. The highest BCUT2D eigenvalue weighted by Gasteiger charge is 2.11. The van der Waals surface area contributed by atoms with Gasteiger partial charge in [-0.05, 0) is 43.3 Å². The van der Waals surface area contributed by atoms with E-state index in [1.807, 2.05) is 35.8 Å². The smallest absolute Gasteiger partial charge is 0.147 e. The molecule has 0 N–H and O–H groups in total. The quantitative estimate of drug-likeness (QED) is 0.659. The molecule has 0 saturated heterocycles. The molecule has 0 atom stereocenters. The Kier molecular flexibility index (Phi) is 3.84. The zero-order valence-corrected chi connectivity index (χ0v) is 12.4. The highest BCUT2D eigenvalue weighted by atomic mass is 35.5. The van der Waals surface area contributed by atoms with Crippen molar-refractivity contribution in [1.29, 1.82) is 0 Å². The summed E-state index contributed by atoms with van der Waals surface area (Å²) in [7, 11) is 0. The first kappa shape index (κ1) is 14.0. The van der Waals surface area contributed by atoms with E-state index in [1.165, 1.54) is 6.07 Å². The maximum Gasteiger partial charge on any atom is 0.147 e. The van der Waals surface area contributed by atoms with Gasteiger partial charge in [-0.2, -0.15) is 0 Å². The number of hydrogen-bond acceptors (Lipinski definition) is 1. The molecule has 0 radical (unpaired) electrons. The fourth-order valence-corrected chi connectivity index (χ4v) is 2.63. The second-order valence-electron chi connectivity index (χ2n) is 4.80. The average molecular weight is 304 g/mol. The molecule has 4 heteroatoms.